The van der Waals surface area contributed by atoms with E-state index in [2.05, 4.69) is 0 Å². The molecule has 1 N–H and O–H groups in total. The summed E-state index contributed by atoms with van der Waals surface area (Å²) in [7, 11) is 6.07. The van der Waals surface area contributed by atoms with Crippen molar-refractivity contribution in [3.05, 3.63) is 41.5 Å². The number of carbonyl (C=O) groups is 1. The van der Waals surface area contributed by atoms with Crippen LogP contribution in [-0.2, 0) is 25.6 Å². The van der Waals surface area contributed by atoms with Crippen LogP contribution in [0.1, 0.15) is 15.9 Å². The van der Waals surface area contributed by atoms with Gasteiger partial charge in [-0.3, -0.25) is 0 Å². The van der Waals surface area contributed by atoms with Gasteiger partial charge < -0.3 is 47.7 Å². The smallest absolute Gasteiger partial charge is 0.339 e. The van der Waals surface area contributed by atoms with Crippen LogP contribution in [0.2, 0.25) is 0 Å². The molecule has 11 nitrogen and oxygen atoms in total. The summed E-state index contributed by atoms with van der Waals surface area (Å²) in [6.07, 6.45) is -3.44. The average molecular weight is 541 g/mol. The number of aliphatic hydroxyl groups is 1. The first-order valence-electron chi connectivity index (χ1n) is 12.3. The number of rotatable bonds is 7. The van der Waals surface area contributed by atoms with Gasteiger partial charge in [0, 0.05) is 30.7 Å². The molecule has 0 saturated carbocycles. The lowest BCUT2D eigenvalue weighted by molar-refractivity contribution is -0.252. The van der Waals surface area contributed by atoms with Gasteiger partial charge >= 0.3 is 5.97 Å². The number of cyclic esters (lactones) is 1. The highest BCUT2D eigenvalue weighted by Crippen LogP contribution is 2.49. The molecule has 3 aromatic rings. The number of fused-ring (bicyclic) bond motifs is 3. The summed E-state index contributed by atoms with van der Waals surface area (Å²) in [4.78, 5) is 13.2. The molecule has 3 aromatic carbocycles. The fourth-order valence-electron chi connectivity index (χ4n) is 5.37. The van der Waals surface area contributed by atoms with Crippen LogP contribution in [0, 0.1) is 0 Å². The predicted molar refractivity (Wildman–Crippen MR) is 136 cm³/mol. The third kappa shape index (κ3) is 4.09. The van der Waals surface area contributed by atoms with E-state index in [1.54, 1.807) is 18.2 Å². The fraction of sp³-hybridized carbons (Fsp3) is 0.393. The molecule has 0 aliphatic carbocycles. The van der Waals surface area contributed by atoms with E-state index >= 15 is 0 Å². The standard InChI is InChI=1S/C28H28O11/c1-31-18-8-14-15(9-19(18)32-2)25(39-28-24(29)26(34-4)21(33-3)11-36-28)16-10-35-27(30)23(16)22(14)13-5-6-17-20(7-13)38-12-37-17/h5-9,21,24,26,28-29H,10-12H2,1-4H3/t21-,24-,26+,28+/m1/s1. The molecule has 0 spiro atoms. The molecule has 4 atom stereocenters. The highest BCUT2D eigenvalue weighted by atomic mass is 16.7. The van der Waals surface area contributed by atoms with E-state index in [0.29, 0.717) is 56.2 Å². The molecule has 0 bridgehead atoms. The van der Waals surface area contributed by atoms with Gasteiger partial charge in [0.1, 0.15) is 30.7 Å². The van der Waals surface area contributed by atoms with Crippen LogP contribution < -0.4 is 23.7 Å². The topological polar surface area (TPSA) is 120 Å². The minimum Gasteiger partial charge on any atom is -0.493 e. The maximum absolute atomic E-state index is 13.2. The van der Waals surface area contributed by atoms with Crippen molar-refractivity contribution in [3.8, 4) is 39.9 Å². The monoisotopic (exact) mass is 540 g/mol. The number of benzene rings is 3. The number of carbonyl (C=O) groups excluding carboxylic acids is 1. The van der Waals surface area contributed by atoms with E-state index < -0.39 is 30.6 Å². The van der Waals surface area contributed by atoms with Gasteiger partial charge in [-0.05, 0) is 35.2 Å². The van der Waals surface area contributed by atoms with Crippen LogP contribution in [0.25, 0.3) is 21.9 Å². The summed E-state index contributed by atoms with van der Waals surface area (Å²) in [6, 6.07) is 9.02. The first kappa shape index (κ1) is 25.5. The maximum Gasteiger partial charge on any atom is 0.339 e. The number of ether oxygens (including phenoxy) is 9. The number of methoxy groups -OCH3 is 4. The van der Waals surface area contributed by atoms with E-state index in [0.717, 1.165) is 5.56 Å². The van der Waals surface area contributed by atoms with Gasteiger partial charge in [0.25, 0.3) is 0 Å². The lowest BCUT2D eigenvalue weighted by Gasteiger charge is -2.38. The van der Waals surface area contributed by atoms with E-state index in [1.165, 1.54) is 28.4 Å². The molecular weight excluding hydrogens is 512 g/mol. The lowest BCUT2D eigenvalue weighted by Crippen LogP contribution is -2.56. The Bertz CT molecular complexity index is 1440. The SMILES string of the molecule is COc1cc2c(O[C@@H]3OC[C@@H](OC)[C@H](OC)[C@H]3O)c3c(c(-c4ccc5c(c4)OCO5)c2cc1OC)C(=O)OC3. The molecule has 6 rings (SSSR count). The van der Waals surface area contributed by atoms with Crippen molar-refractivity contribution in [2.75, 3.05) is 41.8 Å². The molecule has 39 heavy (non-hydrogen) atoms. The summed E-state index contributed by atoms with van der Waals surface area (Å²) in [5, 5.41) is 12.3. The zero-order valence-electron chi connectivity index (χ0n) is 21.8. The Morgan fingerprint density at radius 2 is 1.62 bits per heavy atom. The molecule has 11 heteroatoms. The van der Waals surface area contributed by atoms with Crippen LogP contribution in [-0.4, -0.2) is 77.5 Å². The summed E-state index contributed by atoms with van der Waals surface area (Å²) in [6.45, 7) is 0.231. The highest BCUT2D eigenvalue weighted by molar-refractivity contribution is 6.14. The van der Waals surface area contributed by atoms with E-state index in [1.807, 2.05) is 12.1 Å². The molecule has 3 aliphatic heterocycles. The molecule has 0 radical (unpaired) electrons. The minimum absolute atomic E-state index is 0.0252. The van der Waals surface area contributed by atoms with Gasteiger partial charge in [0.05, 0.1) is 26.4 Å². The second-order valence-corrected chi connectivity index (χ2v) is 9.24. The van der Waals surface area contributed by atoms with Crippen molar-refractivity contribution in [2.45, 2.75) is 31.2 Å². The number of aliphatic hydroxyl groups excluding tert-OH is 1. The van der Waals surface area contributed by atoms with Gasteiger partial charge in [-0.2, -0.15) is 0 Å². The Morgan fingerprint density at radius 1 is 0.872 bits per heavy atom. The molecule has 3 heterocycles. The van der Waals surface area contributed by atoms with E-state index in [9.17, 15) is 9.90 Å². The van der Waals surface area contributed by atoms with Gasteiger partial charge in [-0.25, -0.2) is 4.79 Å². The Balaban J connectivity index is 1.57. The molecule has 1 fully saturated rings. The Kier molecular flexibility index (Phi) is 6.59. The van der Waals surface area contributed by atoms with Crippen molar-refractivity contribution < 1.29 is 52.5 Å². The summed E-state index contributed by atoms with van der Waals surface area (Å²) in [5.74, 6) is 1.92. The van der Waals surface area contributed by atoms with Crippen LogP contribution in [0.5, 0.6) is 28.7 Å². The van der Waals surface area contributed by atoms with Crippen molar-refractivity contribution in [3.63, 3.8) is 0 Å². The first-order chi connectivity index (χ1) is 19.0. The highest BCUT2D eigenvalue weighted by Gasteiger charge is 2.43. The van der Waals surface area contributed by atoms with Gasteiger partial charge in [0.2, 0.25) is 13.1 Å². The minimum atomic E-state index is -1.17. The normalized spacial score (nSPS) is 23.5. The van der Waals surface area contributed by atoms with Crippen molar-refractivity contribution in [1.29, 1.82) is 0 Å². The van der Waals surface area contributed by atoms with Crippen LogP contribution in [0.3, 0.4) is 0 Å². The van der Waals surface area contributed by atoms with Gasteiger partial charge in [-0.1, -0.05) is 6.07 Å². The number of esters is 1. The average Bonchev–Trinajstić information content (AvgIpc) is 3.59. The van der Waals surface area contributed by atoms with Gasteiger partial charge in [-0.15, -0.1) is 0 Å². The largest absolute Gasteiger partial charge is 0.493 e. The molecule has 206 valence electrons. The summed E-state index contributed by atoms with van der Waals surface area (Å²) < 4.78 is 50.8. The van der Waals surface area contributed by atoms with Crippen molar-refractivity contribution in [2.24, 2.45) is 0 Å². The first-order valence-corrected chi connectivity index (χ1v) is 12.3. The Morgan fingerprint density at radius 3 is 2.33 bits per heavy atom. The summed E-state index contributed by atoms with van der Waals surface area (Å²) in [5.41, 5.74) is 2.20. The number of hydrogen-bond donors (Lipinski definition) is 1. The van der Waals surface area contributed by atoms with Crippen molar-refractivity contribution in [1.82, 2.24) is 0 Å². The summed E-state index contributed by atoms with van der Waals surface area (Å²) >= 11 is 0. The maximum atomic E-state index is 13.2. The van der Waals surface area contributed by atoms with Crippen LogP contribution in [0.4, 0.5) is 0 Å². The molecule has 1 saturated heterocycles. The zero-order valence-corrected chi connectivity index (χ0v) is 21.8. The van der Waals surface area contributed by atoms with Gasteiger partial charge in [0.15, 0.2) is 23.0 Å². The second-order valence-electron chi connectivity index (χ2n) is 9.24. The van der Waals surface area contributed by atoms with E-state index in [4.69, 9.17) is 42.6 Å². The van der Waals surface area contributed by atoms with Crippen molar-refractivity contribution >= 4 is 16.7 Å². The zero-order chi connectivity index (χ0) is 27.3. The fourth-order valence-corrected chi connectivity index (χ4v) is 5.37. The lowest BCUT2D eigenvalue weighted by atomic mass is 9.89. The molecular formula is C28H28O11. The number of hydrogen-bond acceptors (Lipinski definition) is 11. The predicted octanol–water partition coefficient (Wildman–Crippen LogP) is 3.05. The second kappa shape index (κ2) is 10.1. The molecule has 0 unspecified atom stereocenters. The molecule has 0 aromatic heterocycles. The Hall–Kier alpha value is -3.77. The molecule has 3 aliphatic rings. The third-order valence-corrected chi connectivity index (χ3v) is 7.29. The van der Waals surface area contributed by atoms with Crippen LogP contribution in [0.15, 0.2) is 30.3 Å². The quantitative estimate of drug-likeness (QED) is 0.445. The molecule has 0 amide bonds. The van der Waals surface area contributed by atoms with Crippen LogP contribution >= 0.6 is 0 Å². The van der Waals surface area contributed by atoms with E-state index in [-0.39, 0.29) is 20.0 Å². The Labute approximate surface area is 224 Å². The third-order valence-electron chi connectivity index (χ3n) is 7.29.